The molecule has 0 saturated heterocycles. The minimum Gasteiger partial charge on any atom is -0.289 e. The number of halogens is 1. The summed E-state index contributed by atoms with van der Waals surface area (Å²) in [5.41, 5.74) is 7.23. The second-order valence-electron chi connectivity index (χ2n) is 9.54. The monoisotopic (exact) mass is 470 g/mol. The molecule has 0 fully saturated rings. The number of carbonyl (C=O) groups is 2. The smallest absolute Gasteiger partial charge is 0.190 e. The van der Waals surface area contributed by atoms with E-state index in [-0.39, 0.29) is 17.4 Å². The van der Waals surface area contributed by atoms with Crippen LogP contribution in [-0.4, -0.2) is 11.6 Å². The van der Waals surface area contributed by atoms with E-state index in [1.54, 1.807) is 31.2 Å². The van der Waals surface area contributed by atoms with E-state index in [1.165, 1.54) is 28.9 Å². The van der Waals surface area contributed by atoms with Crippen molar-refractivity contribution in [3.8, 4) is 0 Å². The van der Waals surface area contributed by atoms with Crippen LogP contribution < -0.4 is 0 Å². The van der Waals surface area contributed by atoms with Gasteiger partial charge in [-0.1, -0.05) is 71.3 Å². The molecule has 0 N–H and O–H groups in total. The van der Waals surface area contributed by atoms with Crippen molar-refractivity contribution < 1.29 is 14.0 Å². The fourth-order valence-corrected chi connectivity index (χ4v) is 4.37. The van der Waals surface area contributed by atoms with E-state index >= 15 is 0 Å². The molecule has 2 nitrogen and oxygen atoms in total. The number of hydrogen-bond acceptors (Lipinski definition) is 2. The third kappa shape index (κ3) is 7.32. The maximum Gasteiger partial charge on any atom is 0.190 e. The van der Waals surface area contributed by atoms with Crippen molar-refractivity contribution in [2.24, 2.45) is 0 Å². The Morgan fingerprint density at radius 3 is 1.91 bits per heavy atom. The first-order valence-corrected chi connectivity index (χ1v) is 12.4. The molecule has 3 rings (SSSR count). The van der Waals surface area contributed by atoms with E-state index in [0.29, 0.717) is 28.7 Å². The molecule has 0 spiro atoms. The number of carbonyl (C=O) groups excluding carboxylic acids is 2. The summed E-state index contributed by atoms with van der Waals surface area (Å²) in [6.07, 6.45) is 11.9. The van der Waals surface area contributed by atoms with Crippen molar-refractivity contribution in [3.05, 3.63) is 117 Å². The van der Waals surface area contributed by atoms with E-state index in [1.807, 2.05) is 12.1 Å². The van der Waals surface area contributed by atoms with E-state index in [9.17, 15) is 14.0 Å². The highest BCUT2D eigenvalue weighted by Crippen LogP contribution is 2.28. The Labute approximate surface area is 209 Å². The van der Waals surface area contributed by atoms with Crippen LogP contribution >= 0.6 is 0 Å². The molecule has 0 aromatic heterocycles. The van der Waals surface area contributed by atoms with Crippen LogP contribution in [-0.2, 0) is 6.42 Å². The summed E-state index contributed by atoms with van der Waals surface area (Å²) >= 11 is 0. The molecule has 3 heteroatoms. The highest BCUT2D eigenvalue weighted by molar-refractivity contribution is 6.26. The van der Waals surface area contributed by atoms with E-state index in [2.05, 4.69) is 39.0 Å². The largest absolute Gasteiger partial charge is 0.289 e. The highest BCUT2D eigenvalue weighted by atomic mass is 19.1. The van der Waals surface area contributed by atoms with E-state index < -0.39 is 0 Å². The molecule has 0 atom stereocenters. The van der Waals surface area contributed by atoms with Gasteiger partial charge in [-0.2, -0.15) is 0 Å². The van der Waals surface area contributed by atoms with Crippen LogP contribution in [0.4, 0.5) is 4.39 Å². The third-order valence-electron chi connectivity index (χ3n) is 6.60. The van der Waals surface area contributed by atoms with Crippen molar-refractivity contribution in [2.45, 2.75) is 66.2 Å². The second kappa shape index (κ2) is 12.4. The minimum absolute atomic E-state index is 0.0275. The van der Waals surface area contributed by atoms with Gasteiger partial charge in [0.1, 0.15) is 5.82 Å². The number of Topliss-reactive ketones (excluding diaryl/α,β-unsaturated/α-hetero) is 2. The second-order valence-corrected chi connectivity index (χ2v) is 9.54. The van der Waals surface area contributed by atoms with Crippen molar-refractivity contribution in [2.75, 3.05) is 0 Å². The quantitative estimate of drug-likeness (QED) is 0.326. The van der Waals surface area contributed by atoms with Gasteiger partial charge in [0.15, 0.2) is 11.6 Å². The first-order chi connectivity index (χ1) is 16.8. The molecule has 0 heterocycles. The van der Waals surface area contributed by atoms with Gasteiger partial charge in [-0.05, 0) is 83.9 Å². The molecular formula is C32H35FO2. The predicted octanol–water partition coefficient (Wildman–Crippen LogP) is 8.55. The third-order valence-corrected chi connectivity index (χ3v) is 6.60. The van der Waals surface area contributed by atoms with Gasteiger partial charge in [-0.25, -0.2) is 4.39 Å². The first-order valence-electron chi connectivity index (χ1n) is 12.4. The molecule has 182 valence electrons. The number of ketones is 2. The van der Waals surface area contributed by atoms with Crippen molar-refractivity contribution in [1.29, 1.82) is 0 Å². The molecule has 0 unspecified atom stereocenters. The van der Waals surface area contributed by atoms with Gasteiger partial charge in [0.05, 0.1) is 0 Å². The topological polar surface area (TPSA) is 34.1 Å². The van der Waals surface area contributed by atoms with Gasteiger partial charge in [0, 0.05) is 22.3 Å². The Balaban J connectivity index is 1.46. The molecule has 1 aliphatic rings. The van der Waals surface area contributed by atoms with Crippen LogP contribution in [0.2, 0.25) is 0 Å². The van der Waals surface area contributed by atoms with E-state index in [0.717, 1.165) is 37.7 Å². The Morgan fingerprint density at radius 1 is 0.743 bits per heavy atom. The van der Waals surface area contributed by atoms with Gasteiger partial charge < -0.3 is 0 Å². The molecule has 0 bridgehead atoms. The van der Waals surface area contributed by atoms with Gasteiger partial charge in [-0.15, -0.1) is 0 Å². The molecule has 0 aliphatic heterocycles. The lowest BCUT2D eigenvalue weighted by molar-refractivity contribution is 0.0973. The van der Waals surface area contributed by atoms with Crippen LogP contribution in [0.1, 0.15) is 86.1 Å². The maximum absolute atomic E-state index is 13.0. The van der Waals surface area contributed by atoms with Gasteiger partial charge >= 0.3 is 0 Å². The van der Waals surface area contributed by atoms with Gasteiger partial charge in [0.2, 0.25) is 0 Å². The van der Waals surface area contributed by atoms with E-state index in [4.69, 9.17) is 0 Å². The molecule has 2 aromatic carbocycles. The number of benzene rings is 2. The van der Waals surface area contributed by atoms with Crippen molar-refractivity contribution in [3.63, 3.8) is 0 Å². The summed E-state index contributed by atoms with van der Waals surface area (Å²) < 4.78 is 13.0. The number of rotatable bonds is 10. The average Bonchev–Trinajstić information content (AvgIpc) is 2.84. The zero-order valence-corrected chi connectivity index (χ0v) is 21.3. The molecule has 1 aliphatic carbocycles. The zero-order valence-electron chi connectivity index (χ0n) is 21.3. The first kappa shape index (κ1) is 26.3. The zero-order chi connectivity index (χ0) is 25.4. The van der Waals surface area contributed by atoms with Crippen LogP contribution in [0.15, 0.2) is 94.6 Å². The summed E-state index contributed by atoms with van der Waals surface area (Å²) in [6.45, 7) is 8.14. The van der Waals surface area contributed by atoms with Crippen LogP contribution in [0.5, 0.6) is 0 Å². The SMILES string of the molecule is CC1=C(C/C=C(\C)CC/C=C(\C)CC/C=C(\C)Cc2ccc(F)cc2)C(=O)c2ccccc2C1=O. The summed E-state index contributed by atoms with van der Waals surface area (Å²) in [7, 11) is 0. The summed E-state index contributed by atoms with van der Waals surface area (Å²) in [5, 5.41) is 0. The Kier molecular flexibility index (Phi) is 9.31. The number of fused-ring (bicyclic) bond motifs is 1. The molecular weight excluding hydrogens is 435 g/mol. The van der Waals surface area contributed by atoms with Crippen LogP contribution in [0.3, 0.4) is 0 Å². The van der Waals surface area contributed by atoms with Crippen molar-refractivity contribution in [1.82, 2.24) is 0 Å². The Morgan fingerprint density at radius 2 is 1.29 bits per heavy atom. The molecule has 35 heavy (non-hydrogen) atoms. The molecule has 0 saturated carbocycles. The lowest BCUT2D eigenvalue weighted by Gasteiger charge is -2.18. The average molecular weight is 471 g/mol. The van der Waals surface area contributed by atoms with Crippen LogP contribution in [0, 0.1) is 5.82 Å². The Hall–Kier alpha value is -3.33. The number of hydrogen-bond donors (Lipinski definition) is 0. The Bertz CT molecular complexity index is 1210. The predicted molar refractivity (Wildman–Crippen MR) is 142 cm³/mol. The summed E-state index contributed by atoms with van der Waals surface area (Å²) in [4.78, 5) is 25.5. The molecule has 0 radical (unpaired) electrons. The summed E-state index contributed by atoms with van der Waals surface area (Å²) in [5.74, 6) is -0.265. The normalized spacial score (nSPS) is 15.1. The van der Waals surface area contributed by atoms with Crippen molar-refractivity contribution >= 4 is 11.6 Å². The molecule has 0 amide bonds. The minimum atomic E-state index is -0.197. The van der Waals surface area contributed by atoms with Gasteiger partial charge in [0.25, 0.3) is 0 Å². The standard InChI is InChI=1S/C32H35FO2/c1-22(10-8-12-24(3)21-26-16-18-27(33)19-17-26)9-7-11-23(2)15-20-28-25(4)31(34)29-13-5-6-14-30(29)32(28)35/h5-6,9,12-19H,7-8,10-11,20-21H2,1-4H3/b22-9+,23-15+,24-12+. The highest BCUT2D eigenvalue weighted by Gasteiger charge is 2.28. The summed E-state index contributed by atoms with van der Waals surface area (Å²) in [6, 6.07) is 13.8. The lowest BCUT2D eigenvalue weighted by Crippen LogP contribution is -2.20. The van der Waals surface area contributed by atoms with Gasteiger partial charge in [-0.3, -0.25) is 9.59 Å². The van der Waals surface area contributed by atoms with Crippen LogP contribution in [0.25, 0.3) is 0 Å². The molecule has 2 aromatic rings. The fraction of sp³-hybridized carbons (Fsp3) is 0.312. The lowest BCUT2D eigenvalue weighted by atomic mass is 9.83. The number of allylic oxidation sites excluding steroid dienone is 8. The maximum atomic E-state index is 13.0. The fourth-order valence-electron chi connectivity index (χ4n) is 4.37.